The Morgan fingerprint density at radius 3 is 1.32 bits per heavy atom. The molecule has 2 atom stereocenters. The Kier molecular flexibility index (Phi) is 4.31. The van der Waals surface area contributed by atoms with Gasteiger partial charge in [0.1, 0.15) is 0 Å². The van der Waals surface area contributed by atoms with Crippen LogP contribution in [0.15, 0.2) is 96.1 Å². The van der Waals surface area contributed by atoms with E-state index in [4.69, 9.17) is 14.2 Å². The van der Waals surface area contributed by atoms with Crippen molar-refractivity contribution in [2.24, 2.45) is 0 Å². The van der Waals surface area contributed by atoms with Crippen LogP contribution in [0.5, 0.6) is 0 Å². The third-order valence-electron chi connectivity index (χ3n) is 6.09. The molecule has 0 fully saturated rings. The molecule has 31 heavy (non-hydrogen) atoms. The van der Waals surface area contributed by atoms with Gasteiger partial charge < -0.3 is 14.2 Å². The molecule has 2 bridgehead atoms. The van der Waals surface area contributed by atoms with Crippen LogP contribution in [-0.4, -0.2) is 26.2 Å². The fourth-order valence-electron chi connectivity index (χ4n) is 4.92. The van der Waals surface area contributed by atoms with Gasteiger partial charge in [-0.25, -0.2) is 9.59 Å². The van der Waals surface area contributed by atoms with E-state index in [9.17, 15) is 9.59 Å². The van der Waals surface area contributed by atoms with Crippen LogP contribution in [0, 0.1) is 0 Å². The zero-order valence-electron chi connectivity index (χ0n) is 17.1. The van der Waals surface area contributed by atoms with E-state index in [1.807, 2.05) is 84.9 Å². The number of esters is 2. The van der Waals surface area contributed by atoms with Gasteiger partial charge in [-0.05, 0) is 22.3 Å². The molecule has 0 radical (unpaired) electrons. The topological polar surface area (TPSA) is 61.8 Å². The number of rotatable bonds is 4. The lowest BCUT2D eigenvalue weighted by Gasteiger charge is -2.30. The fourth-order valence-corrected chi connectivity index (χ4v) is 4.92. The molecule has 5 rings (SSSR count). The summed E-state index contributed by atoms with van der Waals surface area (Å²) >= 11 is 0. The van der Waals surface area contributed by atoms with Gasteiger partial charge >= 0.3 is 11.9 Å². The average Bonchev–Trinajstić information content (AvgIpc) is 3.34. The molecule has 5 nitrogen and oxygen atoms in total. The van der Waals surface area contributed by atoms with Crippen molar-refractivity contribution in [1.29, 1.82) is 0 Å². The Hall–Kier alpha value is -3.70. The van der Waals surface area contributed by atoms with Crippen LogP contribution in [0.25, 0.3) is 0 Å². The first-order valence-corrected chi connectivity index (χ1v) is 9.94. The van der Waals surface area contributed by atoms with Crippen molar-refractivity contribution in [1.82, 2.24) is 0 Å². The van der Waals surface area contributed by atoms with Gasteiger partial charge in [-0.1, -0.05) is 84.9 Å². The van der Waals surface area contributed by atoms with Crippen LogP contribution in [-0.2, 0) is 35.0 Å². The lowest BCUT2D eigenvalue weighted by atomic mass is 9.68. The lowest BCUT2D eigenvalue weighted by molar-refractivity contribution is -0.139. The normalized spacial score (nSPS) is 23.4. The molecule has 0 unspecified atom stereocenters. The summed E-state index contributed by atoms with van der Waals surface area (Å²) in [7, 11) is 2.60. The van der Waals surface area contributed by atoms with E-state index in [1.165, 1.54) is 14.2 Å². The molecule has 154 valence electrons. The highest BCUT2D eigenvalue weighted by molar-refractivity contribution is 6.07. The van der Waals surface area contributed by atoms with Gasteiger partial charge in [-0.3, -0.25) is 0 Å². The highest BCUT2D eigenvalue weighted by Gasteiger charge is 2.69. The number of hydrogen-bond acceptors (Lipinski definition) is 5. The first kappa shape index (κ1) is 19.3. The molecule has 3 aromatic rings. The molecule has 0 N–H and O–H groups in total. The predicted octanol–water partition coefficient (Wildman–Crippen LogP) is 3.86. The van der Waals surface area contributed by atoms with E-state index < -0.39 is 23.1 Å². The first-order chi connectivity index (χ1) is 15.1. The monoisotopic (exact) mass is 412 g/mol. The van der Waals surface area contributed by atoms with Gasteiger partial charge in [0.25, 0.3) is 0 Å². The molecular weight excluding hydrogens is 392 g/mol. The summed E-state index contributed by atoms with van der Waals surface area (Å²) in [4.78, 5) is 26.5. The minimum absolute atomic E-state index is 0.149. The molecule has 0 saturated carbocycles. The fraction of sp³-hybridized carbons (Fsp3) is 0.154. The summed E-state index contributed by atoms with van der Waals surface area (Å²) in [6.07, 6.45) is 0. The minimum atomic E-state index is -1.30. The van der Waals surface area contributed by atoms with Crippen LogP contribution in [0.1, 0.15) is 22.3 Å². The van der Waals surface area contributed by atoms with Gasteiger partial charge in [-0.15, -0.1) is 0 Å². The predicted molar refractivity (Wildman–Crippen MR) is 113 cm³/mol. The average molecular weight is 412 g/mol. The molecular formula is C26H20O5. The number of ether oxygens (including phenoxy) is 3. The Bertz CT molecular complexity index is 1120. The van der Waals surface area contributed by atoms with Crippen LogP contribution < -0.4 is 0 Å². The zero-order valence-corrected chi connectivity index (χ0v) is 17.1. The summed E-state index contributed by atoms with van der Waals surface area (Å²) in [6.45, 7) is 0. The van der Waals surface area contributed by atoms with Gasteiger partial charge in [-0.2, -0.15) is 0 Å². The lowest BCUT2D eigenvalue weighted by Crippen LogP contribution is -2.35. The van der Waals surface area contributed by atoms with E-state index in [1.54, 1.807) is 0 Å². The zero-order chi connectivity index (χ0) is 21.6. The second kappa shape index (κ2) is 6.93. The van der Waals surface area contributed by atoms with Crippen molar-refractivity contribution in [3.05, 3.63) is 118 Å². The highest BCUT2D eigenvalue weighted by atomic mass is 16.6. The van der Waals surface area contributed by atoms with Crippen LogP contribution in [0.3, 0.4) is 0 Å². The molecule has 3 aromatic carbocycles. The number of benzene rings is 3. The molecule has 2 heterocycles. The Balaban J connectivity index is 1.98. The highest BCUT2D eigenvalue weighted by Crippen LogP contribution is 2.66. The Morgan fingerprint density at radius 2 is 0.968 bits per heavy atom. The van der Waals surface area contributed by atoms with Crippen molar-refractivity contribution in [2.45, 2.75) is 11.2 Å². The van der Waals surface area contributed by atoms with E-state index >= 15 is 0 Å². The third-order valence-corrected chi connectivity index (χ3v) is 6.09. The summed E-state index contributed by atoms with van der Waals surface area (Å²) in [5.41, 5.74) is 0.774. The maximum Gasteiger partial charge on any atom is 0.338 e. The number of carbonyl (C=O) groups is 2. The van der Waals surface area contributed by atoms with Crippen molar-refractivity contribution in [3.8, 4) is 0 Å². The molecule has 5 heteroatoms. The number of carbonyl (C=O) groups excluding carboxylic acids is 2. The number of hydrogen-bond donors (Lipinski definition) is 0. The van der Waals surface area contributed by atoms with Crippen LogP contribution in [0.2, 0.25) is 0 Å². The quantitative estimate of drug-likeness (QED) is 0.609. The van der Waals surface area contributed by atoms with Crippen LogP contribution in [0.4, 0.5) is 0 Å². The maximum absolute atomic E-state index is 13.2. The number of methoxy groups -OCH3 is 2. The second-order valence-electron chi connectivity index (χ2n) is 7.48. The molecule has 0 saturated heterocycles. The second-order valence-corrected chi connectivity index (χ2v) is 7.48. The maximum atomic E-state index is 13.2. The molecule has 0 spiro atoms. The standard InChI is InChI=1S/C26H20O5/c1-29-23(27)21-22(24(28)30-2)26(18-13-7-4-8-14-18)20-16-10-9-15-19(20)25(21,31-26)17-11-5-3-6-12-17/h3-16H,1-2H3/t25-,26+. The van der Waals surface area contributed by atoms with Gasteiger partial charge in [0.05, 0.1) is 25.4 Å². The smallest absolute Gasteiger partial charge is 0.338 e. The molecule has 2 aliphatic rings. The Labute approximate surface area is 179 Å². The summed E-state index contributed by atoms with van der Waals surface area (Å²) in [6, 6.07) is 26.5. The van der Waals surface area contributed by atoms with E-state index in [0.29, 0.717) is 0 Å². The van der Waals surface area contributed by atoms with Gasteiger partial charge in [0.15, 0.2) is 11.2 Å². The molecule has 0 amide bonds. The summed E-state index contributed by atoms with van der Waals surface area (Å²) in [5.74, 6) is -1.26. The van der Waals surface area contributed by atoms with E-state index in [-0.39, 0.29) is 11.1 Å². The first-order valence-electron chi connectivity index (χ1n) is 9.94. The SMILES string of the molecule is COC(=O)C1=C(C(=O)OC)[C@@]2(c3ccccc3)O[C@]1(c1ccccc1)c1ccccc12. The minimum Gasteiger partial charge on any atom is -0.466 e. The van der Waals surface area contributed by atoms with Crippen molar-refractivity contribution in [3.63, 3.8) is 0 Å². The Morgan fingerprint density at radius 1 is 0.613 bits per heavy atom. The van der Waals surface area contributed by atoms with Crippen molar-refractivity contribution >= 4 is 11.9 Å². The summed E-state index contributed by atoms with van der Waals surface area (Å²) < 4.78 is 17.2. The van der Waals surface area contributed by atoms with Gasteiger partial charge in [0, 0.05) is 0 Å². The largest absolute Gasteiger partial charge is 0.466 e. The van der Waals surface area contributed by atoms with Crippen LogP contribution >= 0.6 is 0 Å². The molecule has 0 aliphatic carbocycles. The van der Waals surface area contributed by atoms with E-state index in [2.05, 4.69) is 0 Å². The number of fused-ring (bicyclic) bond motifs is 5. The molecule has 2 aliphatic heterocycles. The van der Waals surface area contributed by atoms with Crippen molar-refractivity contribution < 1.29 is 23.8 Å². The van der Waals surface area contributed by atoms with Gasteiger partial charge in [0.2, 0.25) is 0 Å². The third kappa shape index (κ3) is 2.35. The summed E-state index contributed by atoms with van der Waals surface area (Å²) in [5, 5.41) is 0. The molecule has 0 aromatic heterocycles. The van der Waals surface area contributed by atoms with Crippen molar-refractivity contribution in [2.75, 3.05) is 14.2 Å². The van der Waals surface area contributed by atoms with E-state index in [0.717, 1.165) is 22.3 Å².